The number of nitrogens with two attached hydrogens (primary N) is 1. The molecule has 0 aromatic carbocycles. The molecule has 0 aromatic heterocycles. The maximum absolute atomic E-state index is 11.8. The zero-order valence-electron chi connectivity index (χ0n) is 15.7. The topological polar surface area (TPSA) is 114 Å². The van der Waals surface area contributed by atoms with E-state index in [4.69, 9.17) is 5.73 Å². The molecule has 1 amide bonds. The van der Waals surface area contributed by atoms with Crippen molar-refractivity contribution in [3.05, 3.63) is 0 Å². The largest absolute Gasteiger partial charge is 0.462 e. The molecule has 1 rings (SSSR count). The molecule has 24 heavy (non-hydrogen) atoms. The minimum absolute atomic E-state index is 0.148. The van der Waals surface area contributed by atoms with Crippen molar-refractivity contribution < 1.29 is 19.4 Å². The second-order valence-corrected chi connectivity index (χ2v) is 7.59. The fourth-order valence-corrected chi connectivity index (χ4v) is 2.25. The Morgan fingerprint density at radius 2 is 2.08 bits per heavy atom. The molecule has 1 fully saturated rings. The lowest BCUT2D eigenvalue weighted by Gasteiger charge is -2.23. The van der Waals surface area contributed by atoms with E-state index in [1.54, 1.807) is 0 Å². The lowest BCUT2D eigenvalue weighted by atomic mass is 10.0. The summed E-state index contributed by atoms with van der Waals surface area (Å²) in [6, 6.07) is -0.644. The van der Waals surface area contributed by atoms with Crippen molar-refractivity contribution in [1.29, 1.82) is 0 Å². The predicted molar refractivity (Wildman–Crippen MR) is 94.4 cm³/mol. The van der Waals surface area contributed by atoms with E-state index in [2.05, 4.69) is 15.4 Å². The van der Waals surface area contributed by atoms with Crippen LogP contribution in [0.4, 0.5) is 0 Å². The molecule has 0 aromatic rings. The molecule has 0 bridgehead atoms. The van der Waals surface area contributed by atoms with Gasteiger partial charge >= 0.3 is 0 Å². The van der Waals surface area contributed by atoms with Gasteiger partial charge < -0.3 is 26.2 Å². The Hall–Kier alpha value is -1.18. The predicted octanol–water partition coefficient (Wildman–Crippen LogP) is 0.547. The van der Waals surface area contributed by atoms with Crippen molar-refractivity contribution in [3.63, 3.8) is 0 Å². The Balaban J connectivity index is 0.000000640. The zero-order valence-corrected chi connectivity index (χ0v) is 15.7. The fraction of sp³-hybridized carbons (Fsp3) is 0.882. The van der Waals surface area contributed by atoms with Crippen LogP contribution in [-0.2, 0) is 14.3 Å². The summed E-state index contributed by atoms with van der Waals surface area (Å²) in [4.78, 5) is 21.4. The van der Waals surface area contributed by atoms with Crippen LogP contribution in [0.5, 0.6) is 0 Å². The molecule has 0 aliphatic carbocycles. The van der Waals surface area contributed by atoms with Crippen LogP contribution >= 0.6 is 0 Å². The van der Waals surface area contributed by atoms with E-state index in [1.165, 1.54) is 0 Å². The second-order valence-electron chi connectivity index (χ2n) is 7.59. The highest BCUT2D eigenvalue weighted by atomic mass is 16.5. The highest BCUT2D eigenvalue weighted by Gasteiger charge is 2.25. The van der Waals surface area contributed by atoms with Gasteiger partial charge in [-0.3, -0.25) is 9.59 Å². The van der Waals surface area contributed by atoms with Crippen LogP contribution in [0.15, 0.2) is 0 Å². The SMILES string of the molecule is CC(C)(C)OC=O.CC(C)C[C@H](N)C(=O)NC1CCCNCC1O. The number of ether oxygens (including phenoxy) is 1. The number of nitrogens with one attached hydrogen (secondary N) is 2. The van der Waals surface area contributed by atoms with E-state index in [0.717, 1.165) is 19.4 Å². The number of aliphatic hydroxyl groups is 1. The summed E-state index contributed by atoms with van der Waals surface area (Å²) in [5, 5.41) is 15.8. The Morgan fingerprint density at radius 3 is 2.54 bits per heavy atom. The number of aliphatic hydroxyl groups excluding tert-OH is 1. The summed E-state index contributed by atoms with van der Waals surface area (Å²) in [7, 11) is 0. The third-order valence-electron chi connectivity index (χ3n) is 3.48. The first-order chi connectivity index (χ1) is 11.1. The number of carbonyl (C=O) groups excluding carboxylic acids is 2. The van der Waals surface area contributed by atoms with Gasteiger partial charge in [0.05, 0.1) is 18.2 Å². The number of carbonyl (C=O) groups is 2. The molecule has 7 nitrogen and oxygen atoms in total. The number of hydrogen-bond donors (Lipinski definition) is 4. The zero-order chi connectivity index (χ0) is 18.8. The van der Waals surface area contributed by atoms with Gasteiger partial charge in [-0.05, 0) is 52.5 Å². The van der Waals surface area contributed by atoms with Gasteiger partial charge in [0.1, 0.15) is 5.60 Å². The Kier molecular flexibility index (Phi) is 10.8. The molecule has 2 unspecified atom stereocenters. The number of β-amino-alcohol motifs (C(OH)–C–C–N with tert-alkyl or cyclic N) is 1. The minimum Gasteiger partial charge on any atom is -0.462 e. The van der Waals surface area contributed by atoms with Crippen LogP contribution in [0.3, 0.4) is 0 Å². The lowest BCUT2D eigenvalue weighted by molar-refractivity contribution is -0.138. The molecule has 0 saturated carbocycles. The van der Waals surface area contributed by atoms with E-state index in [1.807, 2.05) is 34.6 Å². The Bertz CT molecular complexity index is 369. The molecule has 1 saturated heterocycles. The van der Waals surface area contributed by atoms with Gasteiger partial charge in [-0.25, -0.2) is 0 Å². The fourth-order valence-electron chi connectivity index (χ4n) is 2.25. The van der Waals surface area contributed by atoms with E-state index in [-0.39, 0.29) is 17.6 Å². The summed E-state index contributed by atoms with van der Waals surface area (Å²) in [6.07, 6.45) is 1.91. The molecular formula is C17H35N3O4. The quantitative estimate of drug-likeness (QED) is 0.541. The Morgan fingerprint density at radius 1 is 1.46 bits per heavy atom. The molecular weight excluding hydrogens is 310 g/mol. The number of hydrogen-bond acceptors (Lipinski definition) is 6. The highest BCUT2D eigenvalue weighted by molar-refractivity contribution is 5.81. The van der Waals surface area contributed by atoms with Gasteiger partial charge in [0.2, 0.25) is 5.91 Å². The van der Waals surface area contributed by atoms with Gasteiger partial charge in [0, 0.05) is 6.54 Å². The van der Waals surface area contributed by atoms with Crippen molar-refractivity contribution in [2.75, 3.05) is 13.1 Å². The van der Waals surface area contributed by atoms with Crippen LogP contribution < -0.4 is 16.4 Å². The summed E-state index contributed by atoms with van der Waals surface area (Å²) >= 11 is 0. The lowest BCUT2D eigenvalue weighted by Crippen LogP contribution is -2.51. The molecule has 7 heteroatoms. The summed E-state index contributed by atoms with van der Waals surface area (Å²) in [5.74, 6) is 0.251. The Labute approximate surface area is 145 Å². The van der Waals surface area contributed by atoms with Crippen LogP contribution in [-0.4, -0.2) is 54.4 Å². The van der Waals surface area contributed by atoms with Crippen molar-refractivity contribution in [1.82, 2.24) is 10.6 Å². The molecule has 0 radical (unpaired) electrons. The summed E-state index contributed by atoms with van der Waals surface area (Å²) < 4.78 is 4.55. The second kappa shape index (κ2) is 11.4. The van der Waals surface area contributed by atoms with Crippen LogP contribution in [0.2, 0.25) is 0 Å². The van der Waals surface area contributed by atoms with Gasteiger partial charge in [-0.1, -0.05) is 13.8 Å². The van der Waals surface area contributed by atoms with E-state index < -0.39 is 12.1 Å². The molecule has 142 valence electrons. The summed E-state index contributed by atoms with van der Waals surface area (Å²) in [6.45, 7) is 11.4. The first kappa shape index (κ1) is 22.8. The van der Waals surface area contributed by atoms with Crippen molar-refractivity contribution >= 4 is 12.4 Å². The van der Waals surface area contributed by atoms with E-state index in [9.17, 15) is 14.7 Å². The molecule has 5 N–H and O–H groups in total. The highest BCUT2D eigenvalue weighted by Crippen LogP contribution is 2.08. The van der Waals surface area contributed by atoms with Crippen LogP contribution in [0.1, 0.15) is 53.9 Å². The minimum atomic E-state index is -0.521. The van der Waals surface area contributed by atoms with Gasteiger partial charge in [0.15, 0.2) is 0 Å². The van der Waals surface area contributed by atoms with E-state index >= 15 is 0 Å². The molecule has 3 atom stereocenters. The molecule has 0 spiro atoms. The normalized spacial score (nSPS) is 22.7. The number of rotatable bonds is 5. The molecule has 1 aliphatic rings. The van der Waals surface area contributed by atoms with Gasteiger partial charge in [-0.15, -0.1) is 0 Å². The van der Waals surface area contributed by atoms with Crippen molar-refractivity contribution in [3.8, 4) is 0 Å². The molecule has 1 heterocycles. The third-order valence-corrected chi connectivity index (χ3v) is 3.48. The van der Waals surface area contributed by atoms with Gasteiger partial charge in [-0.2, -0.15) is 0 Å². The van der Waals surface area contributed by atoms with Gasteiger partial charge in [0.25, 0.3) is 6.47 Å². The average molecular weight is 345 g/mol. The maximum atomic E-state index is 11.8. The maximum Gasteiger partial charge on any atom is 0.293 e. The van der Waals surface area contributed by atoms with E-state index in [0.29, 0.717) is 25.4 Å². The summed E-state index contributed by atoms with van der Waals surface area (Å²) in [5.41, 5.74) is 5.49. The monoisotopic (exact) mass is 345 g/mol. The van der Waals surface area contributed by atoms with Crippen molar-refractivity contribution in [2.24, 2.45) is 11.7 Å². The van der Waals surface area contributed by atoms with Crippen LogP contribution in [0, 0.1) is 5.92 Å². The average Bonchev–Trinajstić information content (AvgIpc) is 2.62. The first-order valence-electron chi connectivity index (χ1n) is 8.63. The smallest absolute Gasteiger partial charge is 0.293 e. The molecule has 1 aliphatic heterocycles. The number of amides is 1. The van der Waals surface area contributed by atoms with Crippen LogP contribution in [0.25, 0.3) is 0 Å². The van der Waals surface area contributed by atoms with Crippen molar-refractivity contribution in [2.45, 2.75) is 77.7 Å². The first-order valence-corrected chi connectivity index (χ1v) is 8.63. The standard InChI is InChI=1S/C12H25N3O2.C5H10O2/c1-8(2)6-9(13)12(17)15-10-4-3-5-14-7-11(10)16;1-5(2,3)7-4-6/h8-11,14,16H,3-7,13H2,1-2H3,(H,15,17);4H,1-3H3/t9-,10?,11?;/m0./s1. The third kappa shape index (κ3) is 11.4.